The minimum Gasteiger partial charge on any atom is -0.506 e. The number of aryl methyl sites for hydroxylation is 1. The topological polar surface area (TPSA) is 87.7 Å². The smallest absolute Gasteiger partial charge is 0.313 e. The van der Waals surface area contributed by atoms with Gasteiger partial charge in [0, 0.05) is 13.7 Å². The Morgan fingerprint density at radius 2 is 2.06 bits per heavy atom. The monoisotopic (exact) mass is 252 g/mol. The van der Waals surface area contributed by atoms with Gasteiger partial charge in [-0.1, -0.05) is 6.07 Å². The maximum Gasteiger partial charge on any atom is 0.313 e. The summed E-state index contributed by atoms with van der Waals surface area (Å²) >= 11 is 0. The number of hydrogen-bond acceptors (Lipinski definition) is 4. The molecule has 0 radical (unpaired) electrons. The van der Waals surface area contributed by atoms with Gasteiger partial charge >= 0.3 is 11.8 Å². The van der Waals surface area contributed by atoms with Gasteiger partial charge in [0.15, 0.2) is 0 Å². The third-order valence-corrected chi connectivity index (χ3v) is 2.20. The molecule has 0 aliphatic heterocycles. The van der Waals surface area contributed by atoms with E-state index in [1.165, 1.54) is 13.2 Å². The third kappa shape index (κ3) is 4.06. The molecule has 0 fully saturated rings. The van der Waals surface area contributed by atoms with Gasteiger partial charge in [-0.25, -0.2) is 0 Å². The van der Waals surface area contributed by atoms with E-state index in [-0.39, 0.29) is 18.0 Å². The van der Waals surface area contributed by atoms with Crippen molar-refractivity contribution in [1.29, 1.82) is 0 Å². The van der Waals surface area contributed by atoms with Crippen LogP contribution in [0.15, 0.2) is 18.2 Å². The number of carbonyl (C=O) groups excluding carboxylic acids is 2. The summed E-state index contributed by atoms with van der Waals surface area (Å²) in [5, 5.41) is 14.2. The summed E-state index contributed by atoms with van der Waals surface area (Å²) in [6.07, 6.45) is 0. The number of rotatable bonds is 4. The lowest BCUT2D eigenvalue weighted by Gasteiger charge is -2.08. The lowest BCUT2D eigenvalue weighted by molar-refractivity contribution is -0.136. The van der Waals surface area contributed by atoms with Gasteiger partial charge in [-0.2, -0.15) is 0 Å². The number of carbonyl (C=O) groups is 2. The molecule has 2 amide bonds. The molecule has 0 aliphatic carbocycles. The Morgan fingerprint density at radius 3 is 2.72 bits per heavy atom. The Bertz CT molecular complexity index is 446. The Balaban J connectivity index is 2.58. The maximum absolute atomic E-state index is 11.5. The normalized spacial score (nSPS) is 9.89. The van der Waals surface area contributed by atoms with E-state index >= 15 is 0 Å². The Kier molecular flexibility index (Phi) is 5.13. The molecule has 0 bridgehead atoms. The van der Waals surface area contributed by atoms with E-state index in [9.17, 15) is 14.7 Å². The number of amides is 2. The van der Waals surface area contributed by atoms with Gasteiger partial charge in [-0.05, 0) is 24.6 Å². The minimum atomic E-state index is -0.827. The summed E-state index contributed by atoms with van der Waals surface area (Å²) in [5.41, 5.74) is 1.07. The fraction of sp³-hybridized carbons (Fsp3) is 0.333. The van der Waals surface area contributed by atoms with Crippen LogP contribution in [-0.2, 0) is 14.3 Å². The van der Waals surface area contributed by atoms with E-state index in [2.05, 4.69) is 10.6 Å². The first kappa shape index (κ1) is 14.0. The average Bonchev–Trinajstić information content (AvgIpc) is 2.34. The molecule has 0 unspecified atom stereocenters. The fourth-order valence-electron chi connectivity index (χ4n) is 1.28. The molecule has 1 aromatic carbocycles. The second-order valence-corrected chi connectivity index (χ2v) is 3.72. The van der Waals surface area contributed by atoms with E-state index in [0.717, 1.165) is 5.56 Å². The Labute approximate surface area is 105 Å². The van der Waals surface area contributed by atoms with Gasteiger partial charge < -0.3 is 20.5 Å². The highest BCUT2D eigenvalue weighted by Crippen LogP contribution is 2.23. The fourth-order valence-corrected chi connectivity index (χ4v) is 1.28. The van der Waals surface area contributed by atoms with Crippen molar-refractivity contribution < 1.29 is 19.4 Å². The van der Waals surface area contributed by atoms with E-state index < -0.39 is 11.8 Å². The van der Waals surface area contributed by atoms with Gasteiger partial charge in [-0.3, -0.25) is 9.59 Å². The van der Waals surface area contributed by atoms with Crippen LogP contribution in [-0.4, -0.2) is 37.2 Å². The molecule has 3 N–H and O–H groups in total. The second-order valence-electron chi connectivity index (χ2n) is 3.72. The summed E-state index contributed by atoms with van der Waals surface area (Å²) in [6, 6.07) is 4.73. The minimum absolute atomic E-state index is 0.0846. The number of benzene rings is 1. The number of methoxy groups -OCH3 is 1. The van der Waals surface area contributed by atoms with Crippen LogP contribution in [0.2, 0.25) is 0 Å². The van der Waals surface area contributed by atoms with Crippen LogP contribution in [0.1, 0.15) is 5.56 Å². The van der Waals surface area contributed by atoms with E-state index in [4.69, 9.17) is 4.74 Å². The van der Waals surface area contributed by atoms with Crippen molar-refractivity contribution in [3.05, 3.63) is 23.8 Å². The van der Waals surface area contributed by atoms with Gasteiger partial charge in [-0.15, -0.1) is 0 Å². The molecule has 0 aliphatic rings. The molecule has 1 rings (SSSR count). The molecule has 1 aromatic rings. The highest BCUT2D eigenvalue weighted by molar-refractivity contribution is 6.39. The van der Waals surface area contributed by atoms with Crippen molar-refractivity contribution in [2.75, 3.05) is 25.6 Å². The maximum atomic E-state index is 11.5. The van der Waals surface area contributed by atoms with Gasteiger partial charge in [0.25, 0.3) is 0 Å². The van der Waals surface area contributed by atoms with Gasteiger partial charge in [0.2, 0.25) is 0 Å². The summed E-state index contributed by atoms with van der Waals surface area (Å²) in [5.74, 6) is -1.68. The van der Waals surface area contributed by atoms with Crippen LogP contribution in [0.25, 0.3) is 0 Å². The molecule has 6 heteroatoms. The summed E-state index contributed by atoms with van der Waals surface area (Å²) < 4.78 is 4.74. The first-order chi connectivity index (χ1) is 8.54. The number of aromatic hydroxyl groups is 1. The van der Waals surface area contributed by atoms with Crippen LogP contribution in [0.5, 0.6) is 5.75 Å². The van der Waals surface area contributed by atoms with Crippen LogP contribution in [0, 0.1) is 6.92 Å². The van der Waals surface area contributed by atoms with Crippen LogP contribution in [0.3, 0.4) is 0 Å². The summed E-state index contributed by atoms with van der Waals surface area (Å²) in [4.78, 5) is 22.9. The van der Waals surface area contributed by atoms with Crippen molar-refractivity contribution >= 4 is 17.5 Å². The standard InChI is InChI=1S/C12H16N2O4/c1-8-3-4-10(15)9(7-8)14-12(17)11(16)13-5-6-18-2/h3-4,7,15H,5-6H2,1-2H3,(H,13,16)(H,14,17). The molecule has 18 heavy (non-hydrogen) atoms. The highest BCUT2D eigenvalue weighted by Gasteiger charge is 2.14. The van der Waals surface area contributed by atoms with Crippen LogP contribution >= 0.6 is 0 Å². The van der Waals surface area contributed by atoms with E-state index in [1.807, 2.05) is 6.92 Å². The zero-order chi connectivity index (χ0) is 13.5. The number of phenolic OH excluding ortho intramolecular Hbond substituents is 1. The van der Waals surface area contributed by atoms with Crippen molar-refractivity contribution in [3.63, 3.8) is 0 Å². The summed E-state index contributed by atoms with van der Waals surface area (Å²) in [7, 11) is 1.50. The van der Waals surface area contributed by atoms with Gasteiger partial charge in [0.1, 0.15) is 5.75 Å². The number of phenols is 1. The Morgan fingerprint density at radius 1 is 1.33 bits per heavy atom. The average molecular weight is 252 g/mol. The van der Waals surface area contributed by atoms with Crippen molar-refractivity contribution in [1.82, 2.24) is 5.32 Å². The first-order valence-electron chi connectivity index (χ1n) is 5.42. The lowest BCUT2D eigenvalue weighted by atomic mass is 10.2. The van der Waals surface area contributed by atoms with E-state index in [1.54, 1.807) is 12.1 Å². The zero-order valence-corrected chi connectivity index (χ0v) is 10.3. The van der Waals surface area contributed by atoms with E-state index in [0.29, 0.717) is 6.61 Å². The third-order valence-electron chi connectivity index (χ3n) is 2.20. The largest absolute Gasteiger partial charge is 0.506 e. The predicted molar refractivity (Wildman–Crippen MR) is 66.4 cm³/mol. The predicted octanol–water partition coefficient (Wildman–Crippen LogP) is 0.402. The number of ether oxygens (including phenoxy) is 1. The molecule has 0 heterocycles. The van der Waals surface area contributed by atoms with Crippen molar-refractivity contribution in [2.45, 2.75) is 6.92 Å². The molecule has 0 saturated heterocycles. The molecule has 0 spiro atoms. The molecular weight excluding hydrogens is 236 g/mol. The number of anilines is 1. The van der Waals surface area contributed by atoms with Crippen molar-refractivity contribution in [3.8, 4) is 5.75 Å². The lowest BCUT2D eigenvalue weighted by Crippen LogP contribution is -2.37. The number of nitrogens with one attached hydrogen (secondary N) is 2. The molecule has 0 aromatic heterocycles. The van der Waals surface area contributed by atoms with Crippen LogP contribution in [0.4, 0.5) is 5.69 Å². The second kappa shape index (κ2) is 6.61. The quantitative estimate of drug-likeness (QED) is 0.411. The SMILES string of the molecule is COCCNC(=O)C(=O)Nc1cc(C)ccc1O. The molecule has 6 nitrogen and oxygen atoms in total. The van der Waals surface area contributed by atoms with Gasteiger partial charge in [0.05, 0.1) is 12.3 Å². The zero-order valence-electron chi connectivity index (χ0n) is 10.3. The molecule has 98 valence electrons. The van der Waals surface area contributed by atoms with Crippen LogP contribution < -0.4 is 10.6 Å². The number of hydrogen-bond donors (Lipinski definition) is 3. The molecular formula is C12H16N2O4. The molecule has 0 saturated carbocycles. The Hall–Kier alpha value is -2.08. The first-order valence-corrected chi connectivity index (χ1v) is 5.42. The summed E-state index contributed by atoms with van der Waals surface area (Å²) in [6.45, 7) is 2.39. The highest BCUT2D eigenvalue weighted by atomic mass is 16.5. The molecule has 0 atom stereocenters. The van der Waals surface area contributed by atoms with Crippen molar-refractivity contribution in [2.24, 2.45) is 0 Å².